The van der Waals surface area contributed by atoms with Gasteiger partial charge in [-0.15, -0.1) is 0 Å². The van der Waals surface area contributed by atoms with Crippen LogP contribution in [0, 0.1) is 0 Å². The van der Waals surface area contributed by atoms with E-state index in [-0.39, 0.29) is 41.8 Å². The number of carbonyl (C=O) groups excluding carboxylic acids is 2. The first-order valence-corrected chi connectivity index (χ1v) is 9.20. The minimum atomic E-state index is -3.69. The average molecular weight is 353 g/mol. The zero-order valence-electron chi connectivity index (χ0n) is 14.3. The van der Waals surface area contributed by atoms with E-state index in [1.807, 2.05) is 20.8 Å². The Hall–Kier alpha value is -1.93. The van der Waals surface area contributed by atoms with Gasteiger partial charge in [-0.25, -0.2) is 13.1 Å². The predicted molar refractivity (Wildman–Crippen MR) is 91.1 cm³/mol. The van der Waals surface area contributed by atoms with Crippen molar-refractivity contribution in [3.8, 4) is 0 Å². The first kappa shape index (κ1) is 18.4. The Morgan fingerprint density at radius 2 is 2.00 bits per heavy atom. The quantitative estimate of drug-likeness (QED) is 0.829. The monoisotopic (exact) mass is 353 g/mol. The van der Waals surface area contributed by atoms with Crippen molar-refractivity contribution < 1.29 is 18.0 Å². The summed E-state index contributed by atoms with van der Waals surface area (Å²) in [5, 5.41) is 2.66. The van der Waals surface area contributed by atoms with E-state index in [2.05, 4.69) is 10.0 Å². The largest absolute Gasteiger partial charge is 0.337 e. The molecule has 2 rings (SSSR count). The molecule has 0 aliphatic carbocycles. The molecule has 0 fully saturated rings. The summed E-state index contributed by atoms with van der Waals surface area (Å²) >= 11 is 0. The lowest BCUT2D eigenvalue weighted by molar-refractivity contribution is -0.133. The van der Waals surface area contributed by atoms with E-state index >= 15 is 0 Å². The van der Waals surface area contributed by atoms with Crippen LogP contribution in [-0.4, -0.2) is 43.8 Å². The highest BCUT2D eigenvalue weighted by molar-refractivity contribution is 7.89. The number of hydrogen-bond acceptors (Lipinski definition) is 4. The Bertz CT molecular complexity index is 766. The Balaban J connectivity index is 2.06. The van der Waals surface area contributed by atoms with Crippen LogP contribution in [0.4, 0.5) is 5.69 Å². The molecular formula is C16H23N3O4S. The van der Waals surface area contributed by atoms with Gasteiger partial charge in [-0.2, -0.15) is 0 Å². The highest BCUT2D eigenvalue weighted by atomic mass is 32.2. The smallest absolute Gasteiger partial charge is 0.240 e. The van der Waals surface area contributed by atoms with Crippen molar-refractivity contribution >= 4 is 27.5 Å². The molecule has 0 spiro atoms. The fourth-order valence-electron chi connectivity index (χ4n) is 2.71. The van der Waals surface area contributed by atoms with Crippen LogP contribution in [0.2, 0.25) is 0 Å². The second kappa shape index (κ2) is 6.52. The molecule has 1 aromatic rings. The number of benzene rings is 1. The molecule has 1 aliphatic heterocycles. The number of rotatable bonds is 5. The summed E-state index contributed by atoms with van der Waals surface area (Å²) < 4.78 is 27.3. The standard InChI is InChI=1S/C16H23N3O4S/c1-11(20)19(16(2,3)4)8-7-17-24(22,23)13-5-6-14-12(9-13)10-15(21)18-14/h5-6,9,17H,7-8,10H2,1-4H3,(H,18,21). The van der Waals surface area contributed by atoms with Gasteiger partial charge < -0.3 is 10.2 Å². The molecule has 0 saturated carbocycles. The number of hydrogen-bond donors (Lipinski definition) is 2. The van der Waals surface area contributed by atoms with Gasteiger partial charge in [0.05, 0.1) is 11.3 Å². The van der Waals surface area contributed by atoms with E-state index in [4.69, 9.17) is 0 Å². The molecule has 0 saturated heterocycles. The van der Waals surface area contributed by atoms with Crippen molar-refractivity contribution in [3.05, 3.63) is 23.8 Å². The summed E-state index contributed by atoms with van der Waals surface area (Å²) in [6.07, 6.45) is 0.181. The molecule has 0 bridgehead atoms. The minimum Gasteiger partial charge on any atom is -0.337 e. The van der Waals surface area contributed by atoms with E-state index in [1.54, 1.807) is 11.0 Å². The van der Waals surface area contributed by atoms with Crippen LogP contribution in [0.1, 0.15) is 33.3 Å². The summed E-state index contributed by atoms with van der Waals surface area (Å²) in [5.74, 6) is -0.251. The zero-order valence-corrected chi connectivity index (χ0v) is 15.2. The van der Waals surface area contributed by atoms with Crippen molar-refractivity contribution in [3.63, 3.8) is 0 Å². The fourth-order valence-corrected chi connectivity index (χ4v) is 3.78. The third-order valence-corrected chi connectivity index (χ3v) is 5.29. The molecule has 0 atom stereocenters. The minimum absolute atomic E-state index is 0.108. The maximum Gasteiger partial charge on any atom is 0.240 e. The van der Waals surface area contributed by atoms with Crippen LogP contribution in [-0.2, 0) is 26.0 Å². The number of nitrogens with zero attached hydrogens (tertiary/aromatic N) is 1. The van der Waals surface area contributed by atoms with Gasteiger partial charge in [0.25, 0.3) is 0 Å². The van der Waals surface area contributed by atoms with Gasteiger partial charge in [0.15, 0.2) is 0 Å². The van der Waals surface area contributed by atoms with E-state index in [0.717, 1.165) is 0 Å². The topological polar surface area (TPSA) is 95.6 Å². The van der Waals surface area contributed by atoms with Crippen molar-refractivity contribution in [1.29, 1.82) is 0 Å². The molecule has 1 aromatic carbocycles. The van der Waals surface area contributed by atoms with E-state index < -0.39 is 10.0 Å². The fraction of sp³-hybridized carbons (Fsp3) is 0.500. The van der Waals surface area contributed by atoms with Gasteiger partial charge in [0.1, 0.15) is 0 Å². The van der Waals surface area contributed by atoms with Gasteiger partial charge in [-0.3, -0.25) is 9.59 Å². The summed E-state index contributed by atoms with van der Waals surface area (Å²) in [6.45, 7) is 7.55. The highest BCUT2D eigenvalue weighted by Gasteiger charge is 2.25. The van der Waals surface area contributed by atoms with Crippen LogP contribution >= 0.6 is 0 Å². The van der Waals surface area contributed by atoms with Crippen LogP contribution < -0.4 is 10.0 Å². The summed E-state index contributed by atoms with van der Waals surface area (Å²) in [5.41, 5.74) is 0.939. The number of anilines is 1. The van der Waals surface area contributed by atoms with Crippen LogP contribution in [0.3, 0.4) is 0 Å². The SMILES string of the molecule is CC(=O)N(CCNS(=O)(=O)c1ccc2c(c1)CC(=O)N2)C(C)(C)C. The van der Waals surface area contributed by atoms with Crippen molar-refractivity contribution in [2.45, 2.75) is 44.6 Å². The zero-order chi connectivity index (χ0) is 18.1. The molecule has 0 radical (unpaired) electrons. The van der Waals surface area contributed by atoms with Gasteiger partial charge >= 0.3 is 0 Å². The van der Waals surface area contributed by atoms with Crippen LogP contribution in [0.5, 0.6) is 0 Å². The molecule has 7 nitrogen and oxygen atoms in total. The summed E-state index contributed by atoms with van der Waals surface area (Å²) in [6, 6.07) is 4.55. The Morgan fingerprint density at radius 1 is 1.33 bits per heavy atom. The normalized spacial score (nSPS) is 14.2. The number of nitrogens with one attached hydrogen (secondary N) is 2. The maximum atomic E-state index is 12.4. The van der Waals surface area contributed by atoms with Gasteiger partial charge in [0.2, 0.25) is 21.8 Å². The Labute approximate surface area is 142 Å². The third kappa shape index (κ3) is 4.12. The van der Waals surface area contributed by atoms with Crippen LogP contribution in [0.25, 0.3) is 0 Å². The molecule has 1 aliphatic rings. The third-order valence-electron chi connectivity index (χ3n) is 3.83. The number of sulfonamides is 1. The van der Waals surface area contributed by atoms with Gasteiger partial charge in [-0.1, -0.05) is 0 Å². The average Bonchev–Trinajstić information content (AvgIpc) is 2.80. The first-order valence-electron chi connectivity index (χ1n) is 7.71. The predicted octanol–water partition coefficient (Wildman–Crippen LogP) is 1.11. The summed E-state index contributed by atoms with van der Waals surface area (Å²) in [7, 11) is -3.69. The van der Waals surface area contributed by atoms with Crippen molar-refractivity contribution in [1.82, 2.24) is 9.62 Å². The maximum absolute atomic E-state index is 12.4. The molecule has 2 amide bonds. The van der Waals surface area contributed by atoms with E-state index in [0.29, 0.717) is 11.3 Å². The molecular weight excluding hydrogens is 330 g/mol. The Kier molecular flexibility index (Phi) is 5.00. The van der Waals surface area contributed by atoms with E-state index in [9.17, 15) is 18.0 Å². The molecule has 0 unspecified atom stereocenters. The number of amides is 2. The van der Waals surface area contributed by atoms with Crippen LogP contribution in [0.15, 0.2) is 23.1 Å². The molecule has 1 heterocycles. The van der Waals surface area contributed by atoms with Gasteiger partial charge in [-0.05, 0) is 44.5 Å². The highest BCUT2D eigenvalue weighted by Crippen LogP contribution is 2.25. The number of carbonyl (C=O) groups is 2. The summed E-state index contributed by atoms with van der Waals surface area (Å²) in [4.78, 5) is 24.8. The second-order valence-corrected chi connectivity index (χ2v) is 8.55. The van der Waals surface area contributed by atoms with Crippen molar-refractivity contribution in [2.75, 3.05) is 18.4 Å². The lowest BCUT2D eigenvalue weighted by atomic mass is 10.1. The molecule has 0 aromatic heterocycles. The molecule has 132 valence electrons. The molecule has 8 heteroatoms. The molecule has 2 N–H and O–H groups in total. The first-order chi connectivity index (χ1) is 11.0. The van der Waals surface area contributed by atoms with E-state index in [1.165, 1.54) is 19.1 Å². The molecule has 24 heavy (non-hydrogen) atoms. The second-order valence-electron chi connectivity index (χ2n) is 6.78. The van der Waals surface area contributed by atoms with Crippen molar-refractivity contribution in [2.24, 2.45) is 0 Å². The lowest BCUT2D eigenvalue weighted by Crippen LogP contribution is -2.48. The lowest BCUT2D eigenvalue weighted by Gasteiger charge is -2.35. The van der Waals surface area contributed by atoms with Gasteiger partial charge in [0, 0.05) is 31.2 Å². The number of fused-ring (bicyclic) bond motifs is 1. The Morgan fingerprint density at radius 3 is 2.58 bits per heavy atom.